The lowest BCUT2D eigenvalue weighted by molar-refractivity contribution is -0.362. The van der Waals surface area contributed by atoms with Crippen molar-refractivity contribution in [2.45, 2.75) is 13.8 Å². The van der Waals surface area contributed by atoms with Gasteiger partial charge in [0, 0.05) is 17.0 Å². The molecule has 0 aliphatic rings. The molecule has 0 radical (unpaired) electrons. The highest BCUT2D eigenvalue weighted by Gasteiger charge is 2.14. The van der Waals surface area contributed by atoms with Crippen LogP contribution in [0, 0.1) is 13.8 Å². The molecule has 1 aromatic heterocycles. The summed E-state index contributed by atoms with van der Waals surface area (Å²) >= 11 is 0. The minimum atomic E-state index is 1.18. The summed E-state index contributed by atoms with van der Waals surface area (Å²) in [5.74, 6) is 0. The zero-order chi connectivity index (χ0) is 17.7. The van der Waals surface area contributed by atoms with E-state index in [1.165, 1.54) is 54.7 Å². The third-order valence-corrected chi connectivity index (χ3v) is 5.27. The number of rotatable bonds is 1. The Labute approximate surface area is 152 Å². The Morgan fingerprint density at radius 2 is 1.27 bits per heavy atom. The van der Waals surface area contributed by atoms with Gasteiger partial charge in [-0.3, -0.25) is 0 Å². The number of aromatic nitrogens is 1. The van der Waals surface area contributed by atoms with Crippen LogP contribution in [-0.2, 0) is 0 Å². The summed E-state index contributed by atoms with van der Waals surface area (Å²) in [5, 5.41) is 7.81. The third kappa shape index (κ3) is 2.28. The van der Waals surface area contributed by atoms with Gasteiger partial charge in [-0.2, -0.15) is 0 Å². The molecule has 1 N–H and O–H groups in total. The molecule has 5 rings (SSSR count). The molecule has 5 aromatic rings. The molecule has 26 heavy (non-hydrogen) atoms. The summed E-state index contributed by atoms with van der Waals surface area (Å²) in [4.78, 5) is 3.47. The Bertz CT molecular complexity index is 1300. The summed E-state index contributed by atoms with van der Waals surface area (Å²) in [7, 11) is 0. The highest BCUT2D eigenvalue weighted by atomic mass is 14.7. The highest BCUT2D eigenvalue weighted by molar-refractivity contribution is 6.18. The molecule has 1 nitrogen and oxygen atoms in total. The van der Waals surface area contributed by atoms with Gasteiger partial charge < -0.3 is 0 Å². The van der Waals surface area contributed by atoms with E-state index in [0.717, 1.165) is 0 Å². The first kappa shape index (κ1) is 15.1. The Kier molecular flexibility index (Phi) is 3.29. The van der Waals surface area contributed by atoms with Crippen LogP contribution in [-0.4, -0.2) is 0 Å². The molecule has 4 aromatic carbocycles. The molecule has 124 valence electrons. The lowest BCUT2D eigenvalue weighted by Crippen LogP contribution is -2.06. The second-order valence-corrected chi connectivity index (χ2v) is 7.13. The molecule has 0 spiro atoms. The first-order chi connectivity index (χ1) is 12.7. The molecular formula is C25H20N+. The second-order valence-electron chi connectivity index (χ2n) is 7.13. The average Bonchev–Trinajstić information content (AvgIpc) is 2.67. The van der Waals surface area contributed by atoms with Crippen LogP contribution >= 0.6 is 0 Å². The molecule has 0 aliphatic heterocycles. The molecule has 0 bridgehead atoms. The number of hydrogen-bond acceptors (Lipinski definition) is 0. The summed E-state index contributed by atoms with van der Waals surface area (Å²) in [6.07, 6.45) is 2.06. The molecular weight excluding hydrogens is 314 g/mol. The molecule has 0 saturated carbocycles. The van der Waals surface area contributed by atoms with Gasteiger partial charge >= 0.3 is 0 Å². The van der Waals surface area contributed by atoms with Crippen molar-refractivity contribution in [2.75, 3.05) is 0 Å². The van der Waals surface area contributed by atoms with E-state index in [2.05, 4.69) is 97.8 Å². The van der Waals surface area contributed by atoms with Crippen molar-refractivity contribution in [1.82, 2.24) is 0 Å². The number of hydrogen-bond donors (Lipinski definition) is 0. The Balaban J connectivity index is 1.88. The highest BCUT2D eigenvalue weighted by Crippen LogP contribution is 2.34. The topological polar surface area (TPSA) is 14.1 Å². The van der Waals surface area contributed by atoms with Crippen LogP contribution in [0.4, 0.5) is 0 Å². The van der Waals surface area contributed by atoms with E-state index in [0.29, 0.717) is 0 Å². The average molecular weight is 334 g/mol. The molecule has 0 amide bonds. The Hall–Kier alpha value is -3.19. The normalized spacial score (nSPS) is 11.5. The van der Waals surface area contributed by atoms with Crippen LogP contribution in [0.2, 0.25) is 0 Å². The number of benzene rings is 4. The van der Waals surface area contributed by atoms with Gasteiger partial charge in [-0.1, -0.05) is 59.7 Å². The van der Waals surface area contributed by atoms with Crippen LogP contribution < -0.4 is 4.98 Å². The van der Waals surface area contributed by atoms with E-state index in [-0.39, 0.29) is 0 Å². The first-order valence-electron chi connectivity index (χ1n) is 9.04. The lowest BCUT2D eigenvalue weighted by Gasteiger charge is -2.09. The first-order valence-corrected chi connectivity index (χ1v) is 9.04. The van der Waals surface area contributed by atoms with Crippen molar-refractivity contribution in [1.29, 1.82) is 0 Å². The summed E-state index contributed by atoms with van der Waals surface area (Å²) in [6.45, 7) is 4.29. The van der Waals surface area contributed by atoms with Gasteiger partial charge in [0.15, 0.2) is 6.20 Å². The van der Waals surface area contributed by atoms with E-state index in [1.54, 1.807) is 0 Å². The summed E-state index contributed by atoms with van der Waals surface area (Å²) in [5.41, 5.74) is 4.98. The maximum Gasteiger partial charge on any atom is 0.218 e. The fourth-order valence-corrected chi connectivity index (χ4v) is 4.00. The SMILES string of the molecule is Cc1cccc(-c2[nH+]ccc3c2ccc2c4cc(C)ccc4ccc32)c1. The molecule has 0 unspecified atom stereocenters. The zero-order valence-electron chi connectivity index (χ0n) is 15.0. The summed E-state index contributed by atoms with van der Waals surface area (Å²) in [6, 6.07) is 26.6. The fourth-order valence-electron chi connectivity index (χ4n) is 4.00. The van der Waals surface area contributed by atoms with Gasteiger partial charge in [-0.15, -0.1) is 0 Å². The number of nitrogens with one attached hydrogen (secondary N) is 1. The molecule has 0 aliphatic carbocycles. The fraction of sp³-hybridized carbons (Fsp3) is 0.0800. The summed E-state index contributed by atoms with van der Waals surface area (Å²) < 4.78 is 0. The van der Waals surface area contributed by atoms with Crippen LogP contribution in [0.5, 0.6) is 0 Å². The van der Waals surface area contributed by atoms with Gasteiger partial charge in [-0.25, -0.2) is 4.98 Å². The van der Waals surface area contributed by atoms with Crippen LogP contribution in [0.3, 0.4) is 0 Å². The van der Waals surface area contributed by atoms with Gasteiger partial charge in [0.2, 0.25) is 5.69 Å². The van der Waals surface area contributed by atoms with Crippen molar-refractivity contribution in [3.63, 3.8) is 0 Å². The van der Waals surface area contributed by atoms with E-state index in [9.17, 15) is 0 Å². The smallest absolute Gasteiger partial charge is 0.211 e. The van der Waals surface area contributed by atoms with Crippen molar-refractivity contribution in [2.24, 2.45) is 0 Å². The van der Waals surface area contributed by atoms with Crippen LogP contribution in [0.1, 0.15) is 11.1 Å². The number of aromatic amines is 1. The third-order valence-electron chi connectivity index (χ3n) is 5.27. The van der Waals surface area contributed by atoms with Gasteiger partial charge in [0.25, 0.3) is 0 Å². The predicted octanol–water partition coefficient (Wildman–Crippen LogP) is 6.24. The Morgan fingerprint density at radius 1 is 0.577 bits per heavy atom. The molecule has 1 heteroatoms. The minimum absolute atomic E-state index is 1.18. The van der Waals surface area contributed by atoms with Gasteiger partial charge in [-0.05, 0) is 53.6 Å². The Morgan fingerprint density at radius 3 is 2.15 bits per heavy atom. The second kappa shape index (κ2) is 5.67. The largest absolute Gasteiger partial charge is 0.218 e. The van der Waals surface area contributed by atoms with Crippen LogP contribution in [0.25, 0.3) is 43.6 Å². The van der Waals surface area contributed by atoms with Crippen molar-refractivity contribution >= 4 is 32.3 Å². The predicted molar refractivity (Wildman–Crippen MR) is 110 cm³/mol. The van der Waals surface area contributed by atoms with E-state index >= 15 is 0 Å². The standard InChI is InChI=1S/C25H19N/c1-16-4-3-5-19(14-16)25-23-11-10-21-20(22(23)12-13-26-25)9-8-18-7-6-17(2)15-24(18)21/h3-15H,1-2H3/p+1. The van der Waals surface area contributed by atoms with Crippen molar-refractivity contribution in [3.05, 3.63) is 90.1 Å². The van der Waals surface area contributed by atoms with Gasteiger partial charge in [0.05, 0.1) is 5.39 Å². The lowest BCUT2D eigenvalue weighted by atomic mass is 9.94. The zero-order valence-corrected chi connectivity index (χ0v) is 15.0. The molecule has 0 saturated heterocycles. The van der Waals surface area contributed by atoms with Crippen LogP contribution in [0.15, 0.2) is 79.0 Å². The van der Waals surface area contributed by atoms with E-state index < -0.39 is 0 Å². The molecule has 1 heterocycles. The van der Waals surface area contributed by atoms with E-state index in [4.69, 9.17) is 0 Å². The molecule has 0 fully saturated rings. The maximum atomic E-state index is 3.47. The quantitative estimate of drug-likeness (QED) is 0.322. The molecule has 0 atom stereocenters. The van der Waals surface area contributed by atoms with Gasteiger partial charge in [0.1, 0.15) is 0 Å². The number of pyridine rings is 1. The number of fused-ring (bicyclic) bond motifs is 5. The number of aryl methyl sites for hydroxylation is 2. The maximum absolute atomic E-state index is 3.47. The van der Waals surface area contributed by atoms with Crippen molar-refractivity contribution < 1.29 is 4.98 Å². The number of H-pyrrole nitrogens is 1. The van der Waals surface area contributed by atoms with Crippen molar-refractivity contribution in [3.8, 4) is 11.3 Å². The monoisotopic (exact) mass is 334 g/mol. The minimum Gasteiger partial charge on any atom is -0.211 e. The van der Waals surface area contributed by atoms with E-state index in [1.807, 2.05) is 0 Å².